The summed E-state index contributed by atoms with van der Waals surface area (Å²) in [5.74, 6) is 0. The third-order valence-electron chi connectivity index (χ3n) is 8.84. The predicted molar refractivity (Wildman–Crippen MR) is 200 cm³/mol. The molecule has 0 fully saturated rings. The van der Waals surface area contributed by atoms with Crippen LogP contribution in [0, 0.1) is 0 Å². The smallest absolute Gasteiger partial charge is 0.0540 e. The SMILES string of the molecule is c1ccc(-c2cccc(-c3cccc(N(c4ccccc4)c4ccccc4-c4cccc(-c5cccc6ccccc56)c4)c3)c2)cc1. The van der Waals surface area contributed by atoms with E-state index in [1.165, 1.54) is 55.3 Å². The number of anilines is 3. The summed E-state index contributed by atoms with van der Waals surface area (Å²) in [6.45, 7) is 0. The lowest BCUT2D eigenvalue weighted by Gasteiger charge is -2.28. The van der Waals surface area contributed by atoms with Crippen LogP contribution in [-0.4, -0.2) is 0 Å². The van der Waals surface area contributed by atoms with E-state index < -0.39 is 0 Å². The predicted octanol–water partition coefficient (Wildman–Crippen LogP) is 13.0. The summed E-state index contributed by atoms with van der Waals surface area (Å²) in [5, 5.41) is 2.51. The largest absolute Gasteiger partial charge is 0.310 e. The molecule has 0 aliphatic heterocycles. The van der Waals surface area contributed by atoms with Gasteiger partial charge in [-0.3, -0.25) is 0 Å². The van der Waals surface area contributed by atoms with Gasteiger partial charge in [0.15, 0.2) is 0 Å². The maximum Gasteiger partial charge on any atom is 0.0540 e. The number of rotatable bonds is 7. The van der Waals surface area contributed by atoms with E-state index in [2.05, 4.69) is 205 Å². The van der Waals surface area contributed by atoms with Gasteiger partial charge in [0.1, 0.15) is 0 Å². The second-order valence-corrected chi connectivity index (χ2v) is 11.8. The lowest BCUT2D eigenvalue weighted by atomic mass is 9.94. The Kier molecular flexibility index (Phi) is 7.63. The Morgan fingerprint density at radius 2 is 0.745 bits per heavy atom. The van der Waals surface area contributed by atoms with Crippen molar-refractivity contribution < 1.29 is 0 Å². The average Bonchev–Trinajstić information content (AvgIpc) is 3.16. The van der Waals surface area contributed by atoms with Crippen molar-refractivity contribution in [3.63, 3.8) is 0 Å². The number of benzene rings is 8. The van der Waals surface area contributed by atoms with Crippen molar-refractivity contribution in [1.29, 1.82) is 0 Å². The minimum atomic E-state index is 1.11. The van der Waals surface area contributed by atoms with E-state index in [9.17, 15) is 0 Å². The Bertz CT molecular complexity index is 2300. The van der Waals surface area contributed by atoms with Crippen LogP contribution in [0.4, 0.5) is 17.1 Å². The zero-order valence-corrected chi connectivity index (χ0v) is 26.0. The first kappa shape index (κ1) is 28.3. The summed E-state index contributed by atoms with van der Waals surface area (Å²) in [5.41, 5.74) is 13.0. The minimum absolute atomic E-state index is 1.11. The molecule has 0 saturated heterocycles. The Balaban J connectivity index is 1.25. The highest BCUT2D eigenvalue weighted by Gasteiger charge is 2.18. The van der Waals surface area contributed by atoms with Crippen LogP contribution in [0.2, 0.25) is 0 Å². The van der Waals surface area contributed by atoms with Gasteiger partial charge in [-0.1, -0.05) is 158 Å². The number of hydrogen-bond acceptors (Lipinski definition) is 1. The molecule has 8 rings (SSSR count). The Morgan fingerprint density at radius 1 is 0.277 bits per heavy atom. The normalized spacial score (nSPS) is 11.0. The van der Waals surface area contributed by atoms with Crippen molar-refractivity contribution in [2.24, 2.45) is 0 Å². The summed E-state index contributed by atoms with van der Waals surface area (Å²) >= 11 is 0. The molecular weight excluding hydrogens is 567 g/mol. The first-order chi connectivity index (χ1) is 23.3. The molecule has 1 nitrogen and oxygen atoms in total. The summed E-state index contributed by atoms with van der Waals surface area (Å²) in [6, 6.07) is 71.8. The van der Waals surface area contributed by atoms with Crippen LogP contribution in [0.25, 0.3) is 55.3 Å². The van der Waals surface area contributed by atoms with E-state index in [0.717, 1.165) is 17.1 Å². The average molecular weight is 600 g/mol. The maximum absolute atomic E-state index is 2.38. The molecule has 0 unspecified atom stereocenters. The molecular formula is C46H33N. The van der Waals surface area contributed by atoms with Gasteiger partial charge in [-0.15, -0.1) is 0 Å². The lowest BCUT2D eigenvalue weighted by molar-refractivity contribution is 1.28. The second-order valence-electron chi connectivity index (χ2n) is 11.8. The first-order valence-electron chi connectivity index (χ1n) is 16.1. The van der Waals surface area contributed by atoms with Crippen LogP contribution in [0.15, 0.2) is 200 Å². The van der Waals surface area contributed by atoms with E-state index in [0.29, 0.717) is 0 Å². The van der Waals surface area contributed by atoms with Gasteiger partial charge >= 0.3 is 0 Å². The molecule has 0 amide bonds. The van der Waals surface area contributed by atoms with E-state index in [-0.39, 0.29) is 0 Å². The summed E-state index contributed by atoms with van der Waals surface area (Å²) < 4.78 is 0. The van der Waals surface area contributed by atoms with Crippen LogP contribution in [0.3, 0.4) is 0 Å². The van der Waals surface area contributed by atoms with Gasteiger partial charge in [0.05, 0.1) is 5.69 Å². The number of fused-ring (bicyclic) bond motifs is 1. The molecule has 47 heavy (non-hydrogen) atoms. The van der Waals surface area contributed by atoms with Gasteiger partial charge in [-0.25, -0.2) is 0 Å². The van der Waals surface area contributed by atoms with Gasteiger partial charge < -0.3 is 4.90 Å². The van der Waals surface area contributed by atoms with Crippen LogP contribution in [-0.2, 0) is 0 Å². The molecule has 8 aromatic carbocycles. The molecule has 222 valence electrons. The van der Waals surface area contributed by atoms with Gasteiger partial charge in [-0.05, 0) is 92.2 Å². The van der Waals surface area contributed by atoms with Crippen molar-refractivity contribution in [2.45, 2.75) is 0 Å². The third kappa shape index (κ3) is 5.72. The zero-order valence-electron chi connectivity index (χ0n) is 26.0. The molecule has 0 aliphatic carbocycles. The van der Waals surface area contributed by atoms with Gasteiger partial charge in [0.25, 0.3) is 0 Å². The third-order valence-corrected chi connectivity index (χ3v) is 8.84. The first-order valence-corrected chi connectivity index (χ1v) is 16.1. The number of hydrogen-bond donors (Lipinski definition) is 0. The van der Waals surface area contributed by atoms with Gasteiger partial charge in [0, 0.05) is 16.9 Å². The molecule has 0 aliphatic rings. The van der Waals surface area contributed by atoms with Crippen LogP contribution >= 0.6 is 0 Å². The Hall–Kier alpha value is -6.18. The van der Waals surface area contributed by atoms with Crippen molar-refractivity contribution in [3.05, 3.63) is 200 Å². The number of nitrogens with zero attached hydrogens (tertiary/aromatic N) is 1. The quantitative estimate of drug-likeness (QED) is 0.176. The van der Waals surface area contributed by atoms with Crippen molar-refractivity contribution in [3.8, 4) is 44.5 Å². The molecule has 0 saturated carbocycles. The Labute approximate surface area is 276 Å². The standard InChI is InChI=1S/C46H33N/c1-3-15-34(16-4-1)36-19-11-20-37(31-36)38-21-13-26-42(33-38)47(41-24-5-2-6-25-41)46-30-10-9-28-45(46)40-23-12-22-39(32-40)44-29-14-18-35-17-7-8-27-43(35)44/h1-33H. The highest BCUT2D eigenvalue weighted by Crippen LogP contribution is 2.42. The minimum Gasteiger partial charge on any atom is -0.310 e. The summed E-state index contributed by atoms with van der Waals surface area (Å²) in [4.78, 5) is 2.38. The van der Waals surface area contributed by atoms with Crippen LogP contribution in [0.5, 0.6) is 0 Å². The van der Waals surface area contributed by atoms with Crippen molar-refractivity contribution in [2.75, 3.05) is 4.90 Å². The molecule has 0 heterocycles. The molecule has 0 spiro atoms. The second kappa shape index (κ2) is 12.7. The topological polar surface area (TPSA) is 3.24 Å². The van der Waals surface area contributed by atoms with E-state index in [1.807, 2.05) is 0 Å². The fourth-order valence-corrected chi connectivity index (χ4v) is 6.58. The highest BCUT2D eigenvalue weighted by molar-refractivity contribution is 5.98. The molecule has 0 radical (unpaired) electrons. The van der Waals surface area contributed by atoms with Crippen molar-refractivity contribution in [1.82, 2.24) is 0 Å². The molecule has 0 N–H and O–H groups in total. The van der Waals surface area contributed by atoms with E-state index in [4.69, 9.17) is 0 Å². The van der Waals surface area contributed by atoms with Crippen LogP contribution in [0.1, 0.15) is 0 Å². The molecule has 0 atom stereocenters. The summed E-state index contributed by atoms with van der Waals surface area (Å²) in [7, 11) is 0. The highest BCUT2D eigenvalue weighted by atomic mass is 15.1. The number of para-hydroxylation sites is 2. The monoisotopic (exact) mass is 599 g/mol. The fourth-order valence-electron chi connectivity index (χ4n) is 6.58. The summed E-state index contributed by atoms with van der Waals surface area (Å²) in [6.07, 6.45) is 0. The fraction of sp³-hybridized carbons (Fsp3) is 0. The molecule has 0 bridgehead atoms. The Morgan fingerprint density at radius 3 is 1.55 bits per heavy atom. The van der Waals surface area contributed by atoms with Gasteiger partial charge in [0.2, 0.25) is 0 Å². The van der Waals surface area contributed by atoms with Gasteiger partial charge in [-0.2, -0.15) is 0 Å². The van der Waals surface area contributed by atoms with E-state index >= 15 is 0 Å². The molecule has 1 heteroatoms. The van der Waals surface area contributed by atoms with Crippen molar-refractivity contribution >= 4 is 27.8 Å². The lowest BCUT2D eigenvalue weighted by Crippen LogP contribution is -2.11. The molecule has 0 aromatic heterocycles. The zero-order chi connectivity index (χ0) is 31.4. The van der Waals surface area contributed by atoms with Crippen LogP contribution < -0.4 is 4.90 Å². The molecule has 8 aromatic rings. The maximum atomic E-state index is 2.38. The van der Waals surface area contributed by atoms with E-state index in [1.54, 1.807) is 0 Å².